The van der Waals surface area contributed by atoms with E-state index in [0.29, 0.717) is 45.0 Å². The predicted molar refractivity (Wildman–Crippen MR) is 125 cm³/mol. The molecule has 0 bridgehead atoms. The van der Waals surface area contributed by atoms with Crippen molar-refractivity contribution in [3.05, 3.63) is 73.9 Å². The number of fused-ring (bicyclic) bond motifs is 1. The third-order valence-corrected chi connectivity index (χ3v) is 6.91. The molecule has 0 aliphatic rings. The second-order valence-corrected chi connectivity index (χ2v) is 9.06. The fourth-order valence-electron chi connectivity index (χ4n) is 2.93. The number of halogens is 2. The molecular formula is C21H17Cl2N3O2S2. The zero-order chi connectivity index (χ0) is 21.1. The first-order valence-corrected chi connectivity index (χ1v) is 11.7. The molecule has 0 aliphatic carbocycles. The van der Waals surface area contributed by atoms with E-state index in [4.69, 9.17) is 32.9 Å². The lowest BCUT2D eigenvalue weighted by Crippen LogP contribution is -2.25. The first-order chi connectivity index (χ1) is 14.6. The minimum Gasteiger partial charge on any atom is -0.383 e. The molecule has 30 heavy (non-hydrogen) atoms. The van der Waals surface area contributed by atoms with E-state index in [1.165, 1.54) is 11.8 Å². The standard InChI is InChI=1S/C21H17Cl2N3O2S2/c1-28-9-8-26-20(27)16-7-6-13(22)10-18(16)25-21(26)30-12-14-11-29-19(24-14)15-4-2-3-5-17(15)23/h2-7,10-11H,8-9,12H2,1H3. The molecule has 2 heterocycles. The van der Waals surface area contributed by atoms with E-state index in [2.05, 4.69) is 4.98 Å². The van der Waals surface area contributed by atoms with E-state index in [9.17, 15) is 4.79 Å². The highest BCUT2D eigenvalue weighted by molar-refractivity contribution is 7.98. The van der Waals surface area contributed by atoms with Gasteiger partial charge in [0.25, 0.3) is 5.56 Å². The van der Waals surface area contributed by atoms with Gasteiger partial charge < -0.3 is 4.74 Å². The number of ether oxygens (including phenoxy) is 1. The Morgan fingerprint density at radius 2 is 2.00 bits per heavy atom. The van der Waals surface area contributed by atoms with Crippen molar-refractivity contribution in [3.63, 3.8) is 0 Å². The number of methoxy groups -OCH3 is 1. The SMILES string of the molecule is COCCn1c(SCc2csc(-c3ccccc3Cl)n2)nc2cc(Cl)ccc2c1=O. The molecule has 0 unspecified atom stereocenters. The molecule has 0 radical (unpaired) electrons. The van der Waals surface area contributed by atoms with Gasteiger partial charge in [-0.15, -0.1) is 11.3 Å². The van der Waals surface area contributed by atoms with Crippen LogP contribution in [0.2, 0.25) is 10.0 Å². The molecule has 0 amide bonds. The largest absolute Gasteiger partial charge is 0.383 e. The minimum atomic E-state index is -0.105. The van der Waals surface area contributed by atoms with Gasteiger partial charge in [-0.25, -0.2) is 9.97 Å². The Kier molecular flexibility index (Phi) is 6.75. The summed E-state index contributed by atoms with van der Waals surface area (Å²) in [6, 6.07) is 12.8. The number of aromatic nitrogens is 3. The molecule has 4 rings (SSSR count). The average Bonchev–Trinajstić information content (AvgIpc) is 3.20. The molecule has 2 aromatic carbocycles. The van der Waals surface area contributed by atoms with Gasteiger partial charge in [0.15, 0.2) is 5.16 Å². The molecule has 5 nitrogen and oxygen atoms in total. The summed E-state index contributed by atoms with van der Waals surface area (Å²) in [5.41, 5.74) is 2.29. The third-order valence-electron chi connectivity index (χ3n) is 4.41. The Bertz CT molecular complexity index is 1260. The summed E-state index contributed by atoms with van der Waals surface area (Å²) in [5.74, 6) is 0.576. The van der Waals surface area contributed by atoms with Crippen LogP contribution in [0.15, 0.2) is 57.8 Å². The maximum atomic E-state index is 13.0. The van der Waals surface area contributed by atoms with Gasteiger partial charge in [-0.05, 0) is 24.3 Å². The van der Waals surface area contributed by atoms with Crippen LogP contribution in [0.3, 0.4) is 0 Å². The van der Waals surface area contributed by atoms with E-state index >= 15 is 0 Å². The molecule has 0 N–H and O–H groups in total. The maximum Gasteiger partial charge on any atom is 0.262 e. The predicted octanol–water partition coefficient (Wildman–Crippen LogP) is 5.77. The van der Waals surface area contributed by atoms with Gasteiger partial charge in [0.2, 0.25) is 0 Å². The topological polar surface area (TPSA) is 57.0 Å². The zero-order valence-corrected chi connectivity index (χ0v) is 19.1. The van der Waals surface area contributed by atoms with E-state index in [0.717, 1.165) is 16.3 Å². The van der Waals surface area contributed by atoms with Gasteiger partial charge in [0.05, 0.1) is 34.8 Å². The molecule has 2 aromatic heterocycles. The van der Waals surface area contributed by atoms with Gasteiger partial charge in [0.1, 0.15) is 5.01 Å². The van der Waals surface area contributed by atoms with Crippen LogP contribution in [-0.4, -0.2) is 28.3 Å². The number of benzene rings is 2. The first kappa shape index (κ1) is 21.3. The van der Waals surface area contributed by atoms with Crippen LogP contribution in [0.25, 0.3) is 21.5 Å². The molecule has 0 aliphatic heterocycles. The molecule has 9 heteroatoms. The van der Waals surface area contributed by atoms with Crippen molar-refractivity contribution < 1.29 is 4.74 Å². The molecule has 0 saturated carbocycles. The first-order valence-electron chi connectivity index (χ1n) is 9.08. The summed E-state index contributed by atoms with van der Waals surface area (Å²) in [5, 5.41) is 5.23. The number of thioether (sulfide) groups is 1. The zero-order valence-electron chi connectivity index (χ0n) is 16.0. The van der Waals surface area contributed by atoms with Gasteiger partial charge in [-0.3, -0.25) is 9.36 Å². The summed E-state index contributed by atoms with van der Waals surface area (Å²) in [7, 11) is 1.61. The summed E-state index contributed by atoms with van der Waals surface area (Å²) >= 11 is 15.4. The fourth-order valence-corrected chi connectivity index (χ4v) is 5.26. The minimum absolute atomic E-state index is 0.105. The summed E-state index contributed by atoms with van der Waals surface area (Å²) in [6.07, 6.45) is 0. The van der Waals surface area contributed by atoms with E-state index in [1.807, 2.05) is 29.6 Å². The highest BCUT2D eigenvalue weighted by atomic mass is 35.5. The van der Waals surface area contributed by atoms with Crippen LogP contribution in [0, 0.1) is 0 Å². The Hall–Kier alpha value is -1.90. The third kappa shape index (κ3) is 4.55. The van der Waals surface area contributed by atoms with E-state index in [1.54, 1.807) is 41.2 Å². The summed E-state index contributed by atoms with van der Waals surface area (Å²) in [4.78, 5) is 22.4. The lowest BCUT2D eigenvalue weighted by molar-refractivity contribution is 0.183. The lowest BCUT2D eigenvalue weighted by atomic mass is 10.2. The smallest absolute Gasteiger partial charge is 0.262 e. The molecule has 0 spiro atoms. The molecular weight excluding hydrogens is 461 g/mol. The number of hydrogen-bond donors (Lipinski definition) is 0. The van der Waals surface area contributed by atoms with Gasteiger partial charge >= 0.3 is 0 Å². The normalized spacial score (nSPS) is 11.3. The number of nitrogens with zero attached hydrogens (tertiary/aromatic N) is 3. The van der Waals surface area contributed by atoms with Crippen molar-refractivity contribution in [3.8, 4) is 10.6 Å². The van der Waals surface area contributed by atoms with Crippen LogP contribution >= 0.6 is 46.3 Å². The summed E-state index contributed by atoms with van der Waals surface area (Å²) < 4.78 is 6.82. The van der Waals surface area contributed by atoms with E-state index in [-0.39, 0.29) is 5.56 Å². The monoisotopic (exact) mass is 477 g/mol. The van der Waals surface area contributed by atoms with Crippen molar-refractivity contribution in [1.82, 2.24) is 14.5 Å². The quantitative estimate of drug-likeness (QED) is 0.250. The van der Waals surface area contributed by atoms with Crippen LogP contribution in [0.1, 0.15) is 5.69 Å². The Balaban J connectivity index is 1.63. The van der Waals surface area contributed by atoms with Crippen LogP contribution < -0.4 is 5.56 Å². The molecule has 0 fully saturated rings. The summed E-state index contributed by atoms with van der Waals surface area (Å²) in [6.45, 7) is 0.840. The Morgan fingerprint density at radius 3 is 2.80 bits per heavy atom. The maximum absolute atomic E-state index is 13.0. The molecule has 154 valence electrons. The number of thiazole rings is 1. The number of rotatable bonds is 7. The lowest BCUT2D eigenvalue weighted by Gasteiger charge is -2.12. The van der Waals surface area contributed by atoms with Crippen molar-refractivity contribution in [2.24, 2.45) is 0 Å². The second kappa shape index (κ2) is 9.49. The Morgan fingerprint density at radius 1 is 1.17 bits per heavy atom. The van der Waals surface area contributed by atoms with Gasteiger partial charge in [0, 0.05) is 28.8 Å². The van der Waals surface area contributed by atoms with Crippen molar-refractivity contribution in [1.29, 1.82) is 0 Å². The van der Waals surface area contributed by atoms with E-state index < -0.39 is 0 Å². The number of hydrogen-bond acceptors (Lipinski definition) is 6. The van der Waals surface area contributed by atoms with Gasteiger partial charge in [-0.2, -0.15) is 0 Å². The van der Waals surface area contributed by atoms with Crippen molar-refractivity contribution >= 4 is 57.2 Å². The van der Waals surface area contributed by atoms with Crippen LogP contribution in [-0.2, 0) is 17.0 Å². The van der Waals surface area contributed by atoms with Gasteiger partial charge in [-0.1, -0.05) is 53.2 Å². The molecule has 0 saturated heterocycles. The van der Waals surface area contributed by atoms with Crippen molar-refractivity contribution in [2.45, 2.75) is 17.5 Å². The highest BCUT2D eigenvalue weighted by Crippen LogP contribution is 2.32. The average molecular weight is 478 g/mol. The van der Waals surface area contributed by atoms with Crippen LogP contribution in [0.4, 0.5) is 0 Å². The Labute approximate surface area is 191 Å². The molecule has 4 aromatic rings. The fraction of sp³-hybridized carbons (Fsp3) is 0.190. The highest BCUT2D eigenvalue weighted by Gasteiger charge is 2.14. The van der Waals surface area contributed by atoms with Crippen LogP contribution in [0.5, 0.6) is 0 Å². The van der Waals surface area contributed by atoms with Crippen molar-refractivity contribution in [2.75, 3.05) is 13.7 Å². The second-order valence-electron chi connectivity index (χ2n) is 6.42. The molecule has 0 atom stereocenters.